The Bertz CT molecular complexity index is 970. The Morgan fingerprint density at radius 2 is 1.66 bits per heavy atom. The number of nitrogens with one attached hydrogen (secondary N) is 2. The molecule has 0 spiro atoms. The van der Waals surface area contributed by atoms with E-state index in [9.17, 15) is 19.2 Å². The molecule has 3 atom stereocenters. The Labute approximate surface area is 228 Å². The minimum Gasteiger partial charge on any atom is -0.466 e. The van der Waals surface area contributed by atoms with Crippen LogP contribution in [0.25, 0.3) is 0 Å². The number of aryl methyl sites for hydroxylation is 2. The van der Waals surface area contributed by atoms with Crippen LogP contribution >= 0.6 is 0 Å². The number of ether oxygens (including phenoxy) is 2. The van der Waals surface area contributed by atoms with E-state index in [-0.39, 0.29) is 37.4 Å². The quantitative estimate of drug-likeness (QED) is 0.380. The maximum atomic E-state index is 14.2. The van der Waals surface area contributed by atoms with E-state index in [0.717, 1.165) is 11.1 Å². The van der Waals surface area contributed by atoms with Crippen molar-refractivity contribution in [2.45, 2.75) is 106 Å². The summed E-state index contributed by atoms with van der Waals surface area (Å²) < 4.78 is 10.4. The van der Waals surface area contributed by atoms with Crippen LogP contribution in [-0.4, -0.2) is 59.6 Å². The molecule has 3 amide bonds. The highest BCUT2D eigenvalue weighted by atomic mass is 16.6. The zero-order valence-corrected chi connectivity index (χ0v) is 24.8. The second kappa shape index (κ2) is 14.7. The van der Waals surface area contributed by atoms with E-state index in [1.54, 1.807) is 27.7 Å². The molecule has 0 bridgehead atoms. The maximum Gasteiger partial charge on any atom is 0.408 e. The third kappa shape index (κ3) is 9.99. The lowest BCUT2D eigenvalue weighted by molar-refractivity contribution is -0.146. The van der Waals surface area contributed by atoms with E-state index < -0.39 is 35.7 Å². The summed E-state index contributed by atoms with van der Waals surface area (Å²) in [4.78, 5) is 53.8. The van der Waals surface area contributed by atoms with Crippen LogP contribution in [0.15, 0.2) is 18.2 Å². The number of carbonyl (C=O) groups excluding carboxylic acids is 4. The van der Waals surface area contributed by atoms with Gasteiger partial charge in [-0.1, -0.05) is 44.0 Å². The summed E-state index contributed by atoms with van der Waals surface area (Å²) in [5.74, 6) is -1.43. The van der Waals surface area contributed by atoms with E-state index >= 15 is 0 Å². The van der Waals surface area contributed by atoms with Crippen molar-refractivity contribution in [3.8, 4) is 0 Å². The molecule has 0 saturated heterocycles. The molecule has 0 radical (unpaired) electrons. The van der Waals surface area contributed by atoms with Crippen molar-refractivity contribution < 1.29 is 28.7 Å². The summed E-state index contributed by atoms with van der Waals surface area (Å²) in [6.07, 6.45) is -0.0513. The fourth-order valence-corrected chi connectivity index (χ4v) is 4.13. The van der Waals surface area contributed by atoms with E-state index in [0.29, 0.717) is 12.0 Å². The zero-order valence-electron chi connectivity index (χ0n) is 24.8. The smallest absolute Gasteiger partial charge is 0.408 e. The van der Waals surface area contributed by atoms with Gasteiger partial charge in [0.2, 0.25) is 11.8 Å². The van der Waals surface area contributed by atoms with Crippen LogP contribution in [-0.2, 0) is 23.9 Å². The normalized spacial score (nSPS) is 13.8. The molecule has 214 valence electrons. The third-order valence-electron chi connectivity index (χ3n) is 6.14. The van der Waals surface area contributed by atoms with E-state index in [1.165, 1.54) is 4.90 Å². The number of hydrogen-bond acceptors (Lipinski definition) is 6. The minimum absolute atomic E-state index is 0.0184. The second-order valence-corrected chi connectivity index (χ2v) is 11.0. The first-order chi connectivity index (χ1) is 17.6. The largest absolute Gasteiger partial charge is 0.466 e. The Morgan fingerprint density at radius 1 is 1.03 bits per heavy atom. The van der Waals surface area contributed by atoms with Crippen LogP contribution in [0.3, 0.4) is 0 Å². The van der Waals surface area contributed by atoms with Crippen LogP contribution in [0.1, 0.15) is 91.0 Å². The number of benzene rings is 1. The van der Waals surface area contributed by atoms with Gasteiger partial charge in [0.1, 0.15) is 17.7 Å². The number of amides is 3. The second-order valence-electron chi connectivity index (χ2n) is 11.0. The molecule has 0 aliphatic rings. The van der Waals surface area contributed by atoms with E-state index in [2.05, 4.69) is 10.6 Å². The molecule has 0 fully saturated rings. The first kappa shape index (κ1) is 32.9. The Kier molecular flexibility index (Phi) is 12.8. The summed E-state index contributed by atoms with van der Waals surface area (Å²) in [5.41, 5.74) is 1.82. The molecule has 0 heterocycles. The average Bonchev–Trinajstić information content (AvgIpc) is 2.79. The maximum absolute atomic E-state index is 14.2. The van der Waals surface area contributed by atoms with Gasteiger partial charge in [-0.05, 0) is 72.4 Å². The molecular formula is C29H47N3O6. The van der Waals surface area contributed by atoms with E-state index in [1.807, 2.05) is 59.7 Å². The molecular weight excluding hydrogens is 486 g/mol. The standard InChI is InChI=1S/C29H47N3O6/c1-11-20(6)24(31-28(36)38-29(8,9)10)27(35)32(18(3)4)25(22-14-13-19(5)17-21(22)7)26(34)30-16-15-23(33)37-12-2/h13-14,17-18,20,24-25H,11-12,15-16H2,1-10H3,(H,30,34)(H,31,36). The zero-order chi connectivity index (χ0) is 29.2. The topological polar surface area (TPSA) is 114 Å². The monoisotopic (exact) mass is 533 g/mol. The van der Waals surface area contributed by atoms with Gasteiger partial charge in [0.25, 0.3) is 0 Å². The van der Waals surface area contributed by atoms with Gasteiger partial charge in [0, 0.05) is 12.6 Å². The highest BCUT2D eigenvalue weighted by Gasteiger charge is 2.39. The van der Waals surface area contributed by atoms with Crippen molar-refractivity contribution in [2.24, 2.45) is 5.92 Å². The lowest BCUT2D eigenvalue weighted by atomic mass is 9.93. The number of carbonyl (C=O) groups is 4. The molecule has 1 rings (SSSR count). The first-order valence-corrected chi connectivity index (χ1v) is 13.4. The molecule has 0 aliphatic heterocycles. The first-order valence-electron chi connectivity index (χ1n) is 13.4. The lowest BCUT2D eigenvalue weighted by Crippen LogP contribution is -2.57. The van der Waals surface area contributed by atoms with Gasteiger partial charge in [-0.25, -0.2) is 4.79 Å². The predicted molar refractivity (Wildman–Crippen MR) is 148 cm³/mol. The molecule has 0 saturated carbocycles. The van der Waals surface area contributed by atoms with Crippen molar-refractivity contribution in [3.05, 3.63) is 34.9 Å². The highest BCUT2D eigenvalue weighted by Crippen LogP contribution is 2.29. The van der Waals surface area contributed by atoms with Crippen molar-refractivity contribution in [1.82, 2.24) is 15.5 Å². The predicted octanol–water partition coefficient (Wildman–Crippen LogP) is 4.59. The molecule has 9 heteroatoms. The fourth-order valence-electron chi connectivity index (χ4n) is 4.13. The Hall–Kier alpha value is -3.10. The van der Waals surface area contributed by atoms with Crippen molar-refractivity contribution >= 4 is 23.9 Å². The van der Waals surface area contributed by atoms with Gasteiger partial charge in [-0.2, -0.15) is 0 Å². The van der Waals surface area contributed by atoms with Crippen LogP contribution in [0, 0.1) is 19.8 Å². The molecule has 1 aromatic rings. The number of esters is 1. The molecule has 0 aromatic heterocycles. The molecule has 1 aromatic carbocycles. The number of nitrogens with zero attached hydrogens (tertiary/aromatic N) is 1. The fraction of sp³-hybridized carbons (Fsp3) is 0.655. The Morgan fingerprint density at radius 3 is 2.16 bits per heavy atom. The molecule has 2 N–H and O–H groups in total. The number of rotatable bonds is 12. The highest BCUT2D eigenvalue weighted by molar-refractivity contribution is 5.92. The summed E-state index contributed by atoms with van der Waals surface area (Å²) in [6, 6.07) is 3.45. The van der Waals surface area contributed by atoms with Crippen LogP contribution < -0.4 is 10.6 Å². The van der Waals surface area contributed by atoms with Crippen LogP contribution in [0.4, 0.5) is 4.79 Å². The summed E-state index contributed by atoms with van der Waals surface area (Å²) in [7, 11) is 0. The van der Waals surface area contributed by atoms with E-state index in [4.69, 9.17) is 9.47 Å². The van der Waals surface area contributed by atoms with Gasteiger partial charge in [-0.15, -0.1) is 0 Å². The summed E-state index contributed by atoms with van der Waals surface area (Å²) >= 11 is 0. The average molecular weight is 534 g/mol. The SMILES string of the molecule is CCOC(=O)CCNC(=O)C(c1ccc(C)cc1C)N(C(=O)C(NC(=O)OC(C)(C)C)C(C)CC)C(C)C. The van der Waals surface area contributed by atoms with Crippen molar-refractivity contribution in [1.29, 1.82) is 0 Å². The number of alkyl carbamates (subject to hydrolysis) is 1. The molecule has 3 unspecified atom stereocenters. The summed E-state index contributed by atoms with van der Waals surface area (Å²) in [5, 5.41) is 5.57. The van der Waals surface area contributed by atoms with Crippen molar-refractivity contribution in [3.63, 3.8) is 0 Å². The lowest BCUT2D eigenvalue weighted by Gasteiger charge is -2.39. The summed E-state index contributed by atoms with van der Waals surface area (Å²) in [6.45, 7) is 18.7. The minimum atomic E-state index is -0.975. The van der Waals surface area contributed by atoms with Crippen LogP contribution in [0.2, 0.25) is 0 Å². The van der Waals surface area contributed by atoms with Gasteiger partial charge in [-0.3, -0.25) is 14.4 Å². The molecule has 9 nitrogen and oxygen atoms in total. The molecule has 0 aliphatic carbocycles. The van der Waals surface area contributed by atoms with Crippen molar-refractivity contribution in [2.75, 3.05) is 13.2 Å². The number of hydrogen-bond donors (Lipinski definition) is 2. The Balaban J connectivity index is 3.47. The van der Waals surface area contributed by atoms with Gasteiger partial charge < -0.3 is 25.0 Å². The van der Waals surface area contributed by atoms with Crippen LogP contribution in [0.5, 0.6) is 0 Å². The molecule has 38 heavy (non-hydrogen) atoms. The van der Waals surface area contributed by atoms with Gasteiger partial charge >= 0.3 is 12.1 Å². The third-order valence-corrected chi connectivity index (χ3v) is 6.14. The van der Waals surface area contributed by atoms with Gasteiger partial charge in [0.05, 0.1) is 13.0 Å². The van der Waals surface area contributed by atoms with Gasteiger partial charge in [0.15, 0.2) is 0 Å².